The maximum absolute atomic E-state index is 10.3. The van der Waals surface area contributed by atoms with Gasteiger partial charge in [-0.1, -0.05) is 6.07 Å². The van der Waals surface area contributed by atoms with Gasteiger partial charge < -0.3 is 19.5 Å². The highest BCUT2D eigenvalue weighted by Gasteiger charge is 2.64. The summed E-state index contributed by atoms with van der Waals surface area (Å²) in [4.78, 5) is 2.51. The van der Waals surface area contributed by atoms with Crippen molar-refractivity contribution in [3.63, 3.8) is 0 Å². The second-order valence-corrected chi connectivity index (χ2v) is 7.14. The molecule has 2 aliphatic heterocycles. The second-order valence-electron chi connectivity index (χ2n) is 7.14. The predicted octanol–water partition coefficient (Wildman–Crippen LogP) is 2.20. The number of phenolic OH excluding ortho intramolecular Hbond substituents is 1. The van der Waals surface area contributed by atoms with Crippen LogP contribution in [0, 0.1) is 5.92 Å². The normalized spacial score (nSPS) is 38.1. The first-order chi connectivity index (χ1) is 10.7. The van der Waals surface area contributed by atoms with E-state index in [1.54, 1.807) is 13.2 Å². The minimum atomic E-state index is -0.0743. The number of allylic oxidation sites excluding steroid dienone is 1. The minimum Gasteiger partial charge on any atom is -0.504 e. The third-order valence-electron chi connectivity index (χ3n) is 6.46. The first kappa shape index (κ1) is 12.8. The molecule has 0 aromatic heterocycles. The molecule has 0 saturated carbocycles. The summed E-state index contributed by atoms with van der Waals surface area (Å²) in [6.45, 7) is 1.08. The van der Waals surface area contributed by atoms with E-state index in [-0.39, 0.29) is 17.3 Å². The van der Waals surface area contributed by atoms with Gasteiger partial charge >= 0.3 is 0 Å². The Morgan fingerprint density at radius 1 is 1.41 bits per heavy atom. The summed E-state index contributed by atoms with van der Waals surface area (Å²) in [5.74, 6) is 2.46. The number of piperidine rings is 1. The van der Waals surface area contributed by atoms with E-state index < -0.39 is 0 Å². The van der Waals surface area contributed by atoms with Crippen LogP contribution in [0.2, 0.25) is 0 Å². The molecule has 1 spiro atoms. The number of hydrogen-bond donors (Lipinski definition) is 1. The third-order valence-corrected chi connectivity index (χ3v) is 6.46. The van der Waals surface area contributed by atoms with E-state index in [4.69, 9.17) is 9.47 Å². The first-order valence-electron chi connectivity index (χ1n) is 8.13. The van der Waals surface area contributed by atoms with Crippen LogP contribution in [0.15, 0.2) is 24.0 Å². The molecular formula is C18H21NO3. The number of phenols is 1. The van der Waals surface area contributed by atoms with E-state index in [2.05, 4.69) is 24.1 Å². The van der Waals surface area contributed by atoms with Crippen LogP contribution in [0.1, 0.15) is 24.0 Å². The molecular weight excluding hydrogens is 278 g/mol. The summed E-state index contributed by atoms with van der Waals surface area (Å²) in [5, 5.41) is 10.3. The summed E-state index contributed by atoms with van der Waals surface area (Å²) >= 11 is 0. The van der Waals surface area contributed by atoms with Crippen LogP contribution in [0.4, 0.5) is 0 Å². The van der Waals surface area contributed by atoms with Crippen molar-refractivity contribution < 1.29 is 14.6 Å². The molecule has 2 aliphatic carbocycles. The molecule has 1 fully saturated rings. The fourth-order valence-electron chi connectivity index (χ4n) is 5.51. The van der Waals surface area contributed by atoms with Crippen molar-refractivity contribution in [3.8, 4) is 11.5 Å². The highest BCUT2D eigenvalue weighted by Crippen LogP contribution is 2.63. The number of nitrogens with zero attached hydrogens (tertiary/aromatic N) is 1. The molecule has 22 heavy (non-hydrogen) atoms. The van der Waals surface area contributed by atoms with Crippen LogP contribution in [0.5, 0.6) is 11.5 Å². The van der Waals surface area contributed by atoms with Gasteiger partial charge in [-0.05, 0) is 56.5 Å². The predicted molar refractivity (Wildman–Crippen MR) is 82.1 cm³/mol. The van der Waals surface area contributed by atoms with Crippen molar-refractivity contribution in [1.29, 1.82) is 0 Å². The van der Waals surface area contributed by atoms with Crippen molar-refractivity contribution in [1.82, 2.24) is 4.90 Å². The van der Waals surface area contributed by atoms with Crippen molar-refractivity contribution in [3.05, 3.63) is 35.1 Å². The molecule has 1 aromatic carbocycles. The topological polar surface area (TPSA) is 41.9 Å². The second kappa shape index (κ2) is 3.99. The van der Waals surface area contributed by atoms with Crippen molar-refractivity contribution in [2.75, 3.05) is 20.7 Å². The molecule has 0 radical (unpaired) electrons. The zero-order valence-corrected chi connectivity index (χ0v) is 13.0. The van der Waals surface area contributed by atoms with Crippen LogP contribution >= 0.6 is 0 Å². The van der Waals surface area contributed by atoms with E-state index in [0.717, 1.165) is 31.6 Å². The van der Waals surface area contributed by atoms with Crippen molar-refractivity contribution >= 4 is 0 Å². The SMILES string of the molecule is COC1=CC[C@H]2[C@H]3Cc4ccc(O)c5c4[C@@]2(CCN3C)[C@H]1O5. The van der Waals surface area contributed by atoms with Crippen LogP contribution in [-0.2, 0) is 16.6 Å². The van der Waals surface area contributed by atoms with E-state index in [1.165, 1.54) is 11.1 Å². The third kappa shape index (κ3) is 1.25. The van der Waals surface area contributed by atoms with Gasteiger partial charge in [0.1, 0.15) is 5.76 Å². The zero-order valence-electron chi connectivity index (χ0n) is 13.0. The maximum Gasteiger partial charge on any atom is 0.166 e. The number of likely N-dealkylation sites (tertiary alicyclic amines) is 1. The Kier molecular flexibility index (Phi) is 2.32. The lowest BCUT2D eigenvalue weighted by Gasteiger charge is -2.56. The standard InChI is InChI=1S/C18H21NO3/c1-19-8-7-18-11-4-6-14(21-2)17(18)22-16-13(20)5-3-10(15(16)18)9-12(11)19/h3,5-6,11-12,17,20H,4,7-9H2,1-2H3/t11-,12+,17-,18-/m0/s1. The van der Waals surface area contributed by atoms with Gasteiger partial charge in [0.15, 0.2) is 17.6 Å². The van der Waals surface area contributed by atoms with Gasteiger partial charge in [-0.2, -0.15) is 0 Å². The van der Waals surface area contributed by atoms with Gasteiger partial charge in [-0.3, -0.25) is 0 Å². The fourth-order valence-corrected chi connectivity index (χ4v) is 5.51. The van der Waals surface area contributed by atoms with Crippen LogP contribution in [-0.4, -0.2) is 42.9 Å². The van der Waals surface area contributed by atoms with Gasteiger partial charge in [0, 0.05) is 17.0 Å². The summed E-state index contributed by atoms with van der Waals surface area (Å²) < 4.78 is 11.9. The molecule has 1 N–H and O–H groups in total. The Labute approximate surface area is 130 Å². The molecule has 0 unspecified atom stereocenters. The minimum absolute atomic E-state index is 0.0150. The van der Waals surface area contributed by atoms with Crippen molar-refractivity contribution in [2.24, 2.45) is 5.92 Å². The number of likely N-dealkylation sites (N-methyl/N-ethyl adjacent to an activating group) is 1. The number of benzene rings is 1. The Morgan fingerprint density at radius 2 is 2.27 bits per heavy atom. The van der Waals surface area contributed by atoms with E-state index in [1.807, 2.05) is 0 Å². The van der Waals surface area contributed by atoms with Crippen LogP contribution in [0.25, 0.3) is 0 Å². The molecule has 5 rings (SSSR count). The van der Waals surface area contributed by atoms with Gasteiger partial charge in [-0.25, -0.2) is 0 Å². The number of methoxy groups -OCH3 is 1. The van der Waals surface area contributed by atoms with Gasteiger partial charge in [0.2, 0.25) is 0 Å². The van der Waals surface area contributed by atoms with Crippen molar-refractivity contribution in [2.45, 2.75) is 36.8 Å². The number of hydrogen-bond acceptors (Lipinski definition) is 4. The first-order valence-corrected chi connectivity index (χ1v) is 8.13. The van der Waals surface area contributed by atoms with Crippen LogP contribution in [0.3, 0.4) is 0 Å². The Hall–Kier alpha value is -1.68. The largest absolute Gasteiger partial charge is 0.504 e. The average Bonchev–Trinajstić information content (AvgIpc) is 2.88. The highest BCUT2D eigenvalue weighted by molar-refractivity contribution is 5.61. The van der Waals surface area contributed by atoms with Gasteiger partial charge in [0.05, 0.1) is 7.11 Å². The zero-order chi connectivity index (χ0) is 15.1. The maximum atomic E-state index is 10.3. The monoisotopic (exact) mass is 299 g/mol. The fraction of sp³-hybridized carbons (Fsp3) is 0.556. The quantitative estimate of drug-likeness (QED) is 0.863. The lowest BCUT2D eigenvalue weighted by atomic mass is 9.53. The van der Waals surface area contributed by atoms with Gasteiger partial charge in [0.25, 0.3) is 0 Å². The molecule has 4 aliphatic rings. The number of aromatic hydroxyl groups is 1. The van der Waals surface area contributed by atoms with Gasteiger partial charge in [-0.15, -0.1) is 0 Å². The smallest absolute Gasteiger partial charge is 0.166 e. The molecule has 116 valence electrons. The van der Waals surface area contributed by atoms with E-state index >= 15 is 0 Å². The molecule has 0 amide bonds. The van der Waals surface area contributed by atoms with E-state index in [9.17, 15) is 5.11 Å². The molecule has 1 aromatic rings. The molecule has 4 heteroatoms. The lowest BCUT2D eigenvalue weighted by molar-refractivity contribution is -0.0267. The average molecular weight is 299 g/mol. The summed E-state index contributed by atoms with van der Waals surface area (Å²) in [6.07, 6.45) is 5.28. The Balaban J connectivity index is 1.82. The van der Waals surface area contributed by atoms with E-state index in [0.29, 0.717) is 17.7 Å². The number of rotatable bonds is 1. The summed E-state index contributed by atoms with van der Waals surface area (Å²) in [6, 6.07) is 4.43. The molecule has 2 bridgehead atoms. The highest BCUT2D eigenvalue weighted by atomic mass is 16.5. The molecule has 2 heterocycles. The van der Waals surface area contributed by atoms with Crippen LogP contribution < -0.4 is 4.74 Å². The Bertz CT molecular complexity index is 698. The molecule has 1 saturated heterocycles. The number of ether oxygens (including phenoxy) is 2. The summed E-state index contributed by atoms with van der Waals surface area (Å²) in [7, 11) is 3.97. The summed E-state index contributed by atoms with van der Waals surface area (Å²) in [5.41, 5.74) is 2.61. The Morgan fingerprint density at radius 3 is 3.09 bits per heavy atom. The molecule has 4 nitrogen and oxygen atoms in total. The molecule has 4 atom stereocenters. The lowest BCUT2D eigenvalue weighted by Crippen LogP contribution is -2.63.